The van der Waals surface area contributed by atoms with Crippen LogP contribution in [0.1, 0.15) is 27.3 Å². The number of pyridine rings is 1. The van der Waals surface area contributed by atoms with Gasteiger partial charge in [0.15, 0.2) is 5.78 Å². The van der Waals surface area contributed by atoms with Crippen molar-refractivity contribution in [1.29, 1.82) is 0 Å². The summed E-state index contributed by atoms with van der Waals surface area (Å²) >= 11 is 6.05. The van der Waals surface area contributed by atoms with Crippen molar-refractivity contribution >= 4 is 17.4 Å². The largest absolute Gasteiger partial charge is 0.294 e. The van der Waals surface area contributed by atoms with Gasteiger partial charge in [0.2, 0.25) is 0 Å². The van der Waals surface area contributed by atoms with E-state index < -0.39 is 0 Å². The average Bonchev–Trinajstić information content (AvgIpc) is 2.32. The van der Waals surface area contributed by atoms with E-state index in [1.807, 2.05) is 44.2 Å². The Morgan fingerprint density at radius 1 is 1.17 bits per heavy atom. The molecule has 2 rings (SSSR count). The number of hydrogen-bond acceptors (Lipinski definition) is 2. The minimum atomic E-state index is 0.0492. The Balaban J connectivity index is 2.25. The van der Waals surface area contributed by atoms with E-state index in [9.17, 15) is 4.79 Å². The molecule has 0 spiro atoms. The van der Waals surface area contributed by atoms with E-state index in [1.54, 1.807) is 6.07 Å². The Bertz CT molecular complexity index is 593. The van der Waals surface area contributed by atoms with Crippen LogP contribution in [0, 0.1) is 13.8 Å². The molecule has 0 saturated heterocycles. The number of Topliss-reactive ketones (excluding diaryl/α,β-unsaturated/α-hetero) is 1. The Hall–Kier alpha value is -1.67. The van der Waals surface area contributed by atoms with Gasteiger partial charge in [0.25, 0.3) is 0 Å². The summed E-state index contributed by atoms with van der Waals surface area (Å²) < 4.78 is 0. The van der Waals surface area contributed by atoms with Gasteiger partial charge in [-0.2, -0.15) is 0 Å². The van der Waals surface area contributed by atoms with Gasteiger partial charge in [-0.05, 0) is 37.6 Å². The van der Waals surface area contributed by atoms with Gasteiger partial charge in [-0.25, -0.2) is 0 Å². The summed E-state index contributed by atoms with van der Waals surface area (Å²) in [6.07, 6.45) is 0.311. The number of carbonyl (C=O) groups is 1. The lowest BCUT2D eigenvalue weighted by molar-refractivity contribution is 0.0992. The van der Waals surface area contributed by atoms with Crippen LogP contribution in [-0.4, -0.2) is 10.8 Å². The highest BCUT2D eigenvalue weighted by atomic mass is 35.5. The van der Waals surface area contributed by atoms with Gasteiger partial charge in [0.1, 0.15) is 0 Å². The number of hydrogen-bond donors (Lipinski definition) is 0. The molecule has 92 valence electrons. The molecular formula is C15H14ClNO. The molecule has 1 heterocycles. The Morgan fingerprint density at radius 2 is 1.89 bits per heavy atom. The Kier molecular flexibility index (Phi) is 3.78. The molecule has 0 aliphatic heterocycles. The van der Waals surface area contributed by atoms with Gasteiger partial charge in [0.05, 0.1) is 0 Å². The summed E-state index contributed by atoms with van der Waals surface area (Å²) in [7, 11) is 0. The zero-order valence-electron chi connectivity index (χ0n) is 10.4. The molecule has 2 aromatic rings. The standard InChI is InChI=1S/C15H14ClNO/c1-10-7-8-13(11(2)17-10)15(18)9-12-5-3-4-6-14(12)16/h3-8H,9H2,1-2H3. The van der Waals surface area contributed by atoms with Crippen molar-refractivity contribution in [3.63, 3.8) is 0 Å². The quantitative estimate of drug-likeness (QED) is 0.786. The molecule has 0 aliphatic rings. The second-order valence-electron chi connectivity index (χ2n) is 4.28. The number of nitrogens with zero attached hydrogens (tertiary/aromatic N) is 1. The maximum Gasteiger partial charge on any atom is 0.169 e. The van der Waals surface area contributed by atoms with Crippen molar-refractivity contribution in [3.8, 4) is 0 Å². The van der Waals surface area contributed by atoms with Crippen LogP contribution in [0.15, 0.2) is 36.4 Å². The fraction of sp³-hybridized carbons (Fsp3) is 0.200. The van der Waals surface area contributed by atoms with Crippen LogP contribution in [0.2, 0.25) is 5.02 Å². The summed E-state index contributed by atoms with van der Waals surface area (Å²) in [5, 5.41) is 0.628. The van der Waals surface area contributed by atoms with Gasteiger partial charge < -0.3 is 0 Å². The molecule has 0 unspecified atom stereocenters. The van der Waals surface area contributed by atoms with Gasteiger partial charge in [-0.15, -0.1) is 0 Å². The van der Waals surface area contributed by atoms with E-state index >= 15 is 0 Å². The average molecular weight is 260 g/mol. The minimum Gasteiger partial charge on any atom is -0.294 e. The number of benzene rings is 1. The predicted molar refractivity (Wildman–Crippen MR) is 73.2 cm³/mol. The van der Waals surface area contributed by atoms with Crippen LogP contribution >= 0.6 is 11.6 Å². The highest BCUT2D eigenvalue weighted by molar-refractivity contribution is 6.31. The van der Waals surface area contributed by atoms with Crippen LogP contribution in [0.3, 0.4) is 0 Å². The number of aryl methyl sites for hydroxylation is 2. The molecule has 0 N–H and O–H groups in total. The number of rotatable bonds is 3. The van der Waals surface area contributed by atoms with E-state index in [2.05, 4.69) is 4.98 Å². The first-order valence-corrected chi connectivity index (χ1v) is 6.16. The molecule has 1 aromatic heterocycles. The summed E-state index contributed by atoms with van der Waals surface area (Å²) in [6, 6.07) is 11.1. The van der Waals surface area contributed by atoms with Crippen molar-refractivity contribution < 1.29 is 4.79 Å². The van der Waals surface area contributed by atoms with Crippen LogP contribution in [0.4, 0.5) is 0 Å². The van der Waals surface area contributed by atoms with E-state index in [0.29, 0.717) is 17.0 Å². The summed E-state index contributed by atoms with van der Waals surface area (Å²) in [6.45, 7) is 3.77. The summed E-state index contributed by atoms with van der Waals surface area (Å²) in [5.41, 5.74) is 3.21. The topological polar surface area (TPSA) is 30.0 Å². The molecule has 18 heavy (non-hydrogen) atoms. The van der Waals surface area contributed by atoms with E-state index in [0.717, 1.165) is 17.0 Å². The third kappa shape index (κ3) is 2.77. The van der Waals surface area contributed by atoms with Crippen molar-refractivity contribution in [3.05, 3.63) is 63.9 Å². The highest BCUT2D eigenvalue weighted by Gasteiger charge is 2.12. The number of halogens is 1. The maximum atomic E-state index is 12.2. The minimum absolute atomic E-state index is 0.0492. The number of carbonyl (C=O) groups excluding carboxylic acids is 1. The van der Waals surface area contributed by atoms with Gasteiger partial charge >= 0.3 is 0 Å². The van der Waals surface area contributed by atoms with Crippen molar-refractivity contribution in [2.75, 3.05) is 0 Å². The third-order valence-corrected chi connectivity index (χ3v) is 3.20. The van der Waals surface area contributed by atoms with Gasteiger partial charge in [-0.3, -0.25) is 9.78 Å². The fourth-order valence-electron chi connectivity index (χ4n) is 1.89. The lowest BCUT2D eigenvalue weighted by Gasteiger charge is -2.06. The van der Waals surface area contributed by atoms with Gasteiger partial charge in [0, 0.05) is 28.4 Å². The first kappa shape index (κ1) is 12.8. The predicted octanol–water partition coefficient (Wildman–Crippen LogP) is 3.78. The first-order valence-electron chi connectivity index (χ1n) is 5.79. The Labute approximate surface area is 112 Å². The molecule has 0 bridgehead atoms. The second-order valence-corrected chi connectivity index (χ2v) is 4.68. The summed E-state index contributed by atoms with van der Waals surface area (Å²) in [5.74, 6) is 0.0492. The number of ketones is 1. The SMILES string of the molecule is Cc1ccc(C(=O)Cc2ccccc2Cl)c(C)n1. The molecule has 0 saturated carbocycles. The van der Waals surface area contributed by atoms with Crippen LogP contribution < -0.4 is 0 Å². The molecule has 0 atom stereocenters. The lowest BCUT2D eigenvalue weighted by Crippen LogP contribution is -2.07. The molecule has 3 heteroatoms. The third-order valence-electron chi connectivity index (χ3n) is 2.83. The summed E-state index contributed by atoms with van der Waals surface area (Å²) in [4.78, 5) is 16.5. The normalized spacial score (nSPS) is 10.4. The van der Waals surface area contributed by atoms with Crippen LogP contribution in [0.5, 0.6) is 0 Å². The molecule has 0 fully saturated rings. The highest BCUT2D eigenvalue weighted by Crippen LogP contribution is 2.18. The first-order chi connectivity index (χ1) is 8.58. The van der Waals surface area contributed by atoms with E-state index in [4.69, 9.17) is 11.6 Å². The molecule has 1 aromatic carbocycles. The zero-order valence-corrected chi connectivity index (χ0v) is 11.2. The molecule has 0 radical (unpaired) electrons. The van der Waals surface area contributed by atoms with Crippen molar-refractivity contribution in [2.24, 2.45) is 0 Å². The fourth-order valence-corrected chi connectivity index (χ4v) is 2.09. The van der Waals surface area contributed by atoms with E-state index in [-0.39, 0.29) is 5.78 Å². The van der Waals surface area contributed by atoms with Gasteiger partial charge in [-0.1, -0.05) is 29.8 Å². The second kappa shape index (κ2) is 5.32. The lowest BCUT2D eigenvalue weighted by atomic mass is 10.0. The van der Waals surface area contributed by atoms with Crippen molar-refractivity contribution in [2.45, 2.75) is 20.3 Å². The molecule has 2 nitrogen and oxygen atoms in total. The van der Waals surface area contributed by atoms with Crippen LogP contribution in [0.25, 0.3) is 0 Å². The van der Waals surface area contributed by atoms with Crippen molar-refractivity contribution in [1.82, 2.24) is 4.98 Å². The Morgan fingerprint density at radius 3 is 2.56 bits per heavy atom. The molecular weight excluding hydrogens is 246 g/mol. The zero-order chi connectivity index (χ0) is 13.1. The number of aromatic nitrogens is 1. The molecule has 0 amide bonds. The van der Waals surface area contributed by atoms with E-state index in [1.165, 1.54) is 0 Å². The smallest absolute Gasteiger partial charge is 0.169 e. The molecule has 0 aliphatic carbocycles. The monoisotopic (exact) mass is 259 g/mol. The van der Waals surface area contributed by atoms with Crippen LogP contribution in [-0.2, 0) is 6.42 Å². The maximum absolute atomic E-state index is 12.2.